The second-order valence-corrected chi connectivity index (χ2v) is 9.27. The van der Waals surface area contributed by atoms with Crippen LogP contribution >= 0.6 is 51.1 Å². The number of thiocarbonyl (C=S) groups is 1. The quantitative estimate of drug-likeness (QED) is 0.313. The fraction of sp³-hybridized carbons (Fsp3) is 0.238. The lowest BCUT2D eigenvalue weighted by Crippen LogP contribution is -2.29. The van der Waals surface area contributed by atoms with Gasteiger partial charge in [-0.1, -0.05) is 17.7 Å². The van der Waals surface area contributed by atoms with Crippen LogP contribution in [0.4, 0.5) is 5.69 Å². The third kappa shape index (κ3) is 4.48. The first-order valence-corrected chi connectivity index (χ1v) is 11.7. The number of hydrogen-bond donors (Lipinski definition) is 1. The number of thiophene rings is 1. The summed E-state index contributed by atoms with van der Waals surface area (Å²) in [5.41, 5.74) is 1.83. The first-order valence-electron chi connectivity index (χ1n) is 9.24. The molecule has 1 N–H and O–H groups in total. The standard InChI is InChI=1S/C21H19BrClN3O2S2/c1-27-8-9-28-17-6-5-14(11-15(17)23)26-20(18-10-13(22)12-30-18)19(25-21(26)29)16-4-2-3-7-24-16/h2-7,10-12,19-20H,8-9H2,1H3,(H,25,29). The van der Waals surface area contributed by atoms with E-state index in [1.807, 2.05) is 36.4 Å². The third-order valence-electron chi connectivity index (χ3n) is 4.72. The Kier molecular flexibility index (Phi) is 6.90. The van der Waals surface area contributed by atoms with Crippen LogP contribution in [0, 0.1) is 0 Å². The van der Waals surface area contributed by atoms with Crippen LogP contribution in [0.5, 0.6) is 5.75 Å². The molecule has 2 unspecified atom stereocenters. The molecule has 9 heteroatoms. The number of anilines is 1. The molecule has 1 aliphatic rings. The lowest BCUT2D eigenvalue weighted by molar-refractivity contribution is 0.146. The van der Waals surface area contributed by atoms with Crippen LogP contribution in [0.3, 0.4) is 0 Å². The molecule has 0 amide bonds. The molecule has 1 fully saturated rings. The first kappa shape index (κ1) is 21.5. The van der Waals surface area contributed by atoms with E-state index in [9.17, 15) is 0 Å². The zero-order chi connectivity index (χ0) is 21.1. The van der Waals surface area contributed by atoms with Gasteiger partial charge < -0.3 is 19.7 Å². The largest absolute Gasteiger partial charge is 0.490 e. The smallest absolute Gasteiger partial charge is 0.174 e. The van der Waals surface area contributed by atoms with Crippen LogP contribution in [-0.4, -0.2) is 30.4 Å². The van der Waals surface area contributed by atoms with Crippen molar-refractivity contribution in [2.75, 3.05) is 25.2 Å². The van der Waals surface area contributed by atoms with Crippen molar-refractivity contribution in [3.63, 3.8) is 0 Å². The van der Waals surface area contributed by atoms with E-state index in [-0.39, 0.29) is 12.1 Å². The van der Waals surface area contributed by atoms with Gasteiger partial charge in [0.15, 0.2) is 5.11 Å². The second kappa shape index (κ2) is 9.62. The van der Waals surface area contributed by atoms with Gasteiger partial charge >= 0.3 is 0 Å². The predicted molar refractivity (Wildman–Crippen MR) is 129 cm³/mol. The van der Waals surface area contributed by atoms with E-state index in [0.717, 1.165) is 15.9 Å². The van der Waals surface area contributed by atoms with Crippen LogP contribution in [0.25, 0.3) is 0 Å². The fourth-order valence-corrected chi connectivity index (χ4v) is 5.54. The third-order valence-corrected chi connectivity index (χ3v) is 7.09. The van der Waals surface area contributed by atoms with Gasteiger partial charge in [-0.05, 0) is 64.5 Å². The lowest BCUT2D eigenvalue weighted by Gasteiger charge is -2.27. The summed E-state index contributed by atoms with van der Waals surface area (Å²) in [5, 5.41) is 6.68. The van der Waals surface area contributed by atoms with Crippen molar-refractivity contribution < 1.29 is 9.47 Å². The minimum atomic E-state index is -0.0827. The molecular formula is C21H19BrClN3O2S2. The topological polar surface area (TPSA) is 46.6 Å². The molecule has 3 heterocycles. The highest BCUT2D eigenvalue weighted by molar-refractivity contribution is 9.10. The van der Waals surface area contributed by atoms with Gasteiger partial charge in [-0.3, -0.25) is 4.98 Å². The maximum atomic E-state index is 6.51. The van der Waals surface area contributed by atoms with Gasteiger partial charge in [0.1, 0.15) is 12.4 Å². The molecule has 1 saturated heterocycles. The van der Waals surface area contributed by atoms with Crippen LogP contribution < -0.4 is 15.0 Å². The molecule has 0 aliphatic carbocycles. The van der Waals surface area contributed by atoms with Gasteiger partial charge in [0.2, 0.25) is 0 Å². The van der Waals surface area contributed by atoms with Crippen molar-refractivity contribution in [2.24, 2.45) is 0 Å². The summed E-state index contributed by atoms with van der Waals surface area (Å²) in [6, 6.07) is 13.6. The zero-order valence-electron chi connectivity index (χ0n) is 16.0. The Bertz CT molecular complexity index is 1030. The van der Waals surface area contributed by atoms with E-state index in [2.05, 4.69) is 42.6 Å². The van der Waals surface area contributed by atoms with E-state index in [4.69, 9.17) is 33.3 Å². The fourth-order valence-electron chi connectivity index (χ4n) is 3.40. The van der Waals surface area contributed by atoms with Crippen molar-refractivity contribution in [3.05, 3.63) is 74.1 Å². The van der Waals surface area contributed by atoms with Crippen molar-refractivity contribution in [1.82, 2.24) is 10.3 Å². The molecule has 0 bridgehead atoms. The van der Waals surface area contributed by atoms with Crippen LogP contribution in [0.2, 0.25) is 5.02 Å². The van der Waals surface area contributed by atoms with Gasteiger partial charge in [-0.25, -0.2) is 0 Å². The lowest BCUT2D eigenvalue weighted by atomic mass is 10.0. The number of aromatic nitrogens is 1. The molecule has 5 nitrogen and oxygen atoms in total. The summed E-state index contributed by atoms with van der Waals surface area (Å²) < 4.78 is 11.8. The number of ether oxygens (including phenoxy) is 2. The van der Waals surface area contributed by atoms with Crippen molar-refractivity contribution in [2.45, 2.75) is 12.1 Å². The number of benzene rings is 1. The molecule has 156 valence electrons. The molecule has 0 radical (unpaired) electrons. The Balaban J connectivity index is 1.70. The van der Waals surface area contributed by atoms with Gasteiger partial charge in [0.05, 0.1) is 29.4 Å². The number of methoxy groups -OCH3 is 1. The number of hydrogen-bond acceptors (Lipinski definition) is 5. The van der Waals surface area contributed by atoms with Crippen LogP contribution in [0.15, 0.2) is 58.5 Å². The summed E-state index contributed by atoms with van der Waals surface area (Å²) in [6.07, 6.45) is 1.80. The Morgan fingerprint density at radius 2 is 2.13 bits per heavy atom. The summed E-state index contributed by atoms with van der Waals surface area (Å²) in [6.45, 7) is 0.937. The molecule has 4 rings (SSSR count). The molecule has 0 spiro atoms. The monoisotopic (exact) mass is 523 g/mol. The molecule has 30 heavy (non-hydrogen) atoms. The summed E-state index contributed by atoms with van der Waals surface area (Å²) >= 11 is 17.5. The van der Waals surface area contributed by atoms with Gasteiger partial charge in [0.25, 0.3) is 0 Å². The number of pyridine rings is 1. The van der Waals surface area contributed by atoms with E-state index in [0.29, 0.717) is 29.1 Å². The van der Waals surface area contributed by atoms with Crippen molar-refractivity contribution >= 4 is 61.9 Å². The van der Waals surface area contributed by atoms with Gasteiger partial charge in [-0.2, -0.15) is 0 Å². The summed E-state index contributed by atoms with van der Waals surface area (Å²) in [4.78, 5) is 7.83. The van der Waals surface area contributed by atoms with Crippen molar-refractivity contribution in [3.8, 4) is 5.75 Å². The highest BCUT2D eigenvalue weighted by Crippen LogP contribution is 2.45. The summed E-state index contributed by atoms with van der Waals surface area (Å²) in [7, 11) is 1.64. The Morgan fingerprint density at radius 1 is 1.27 bits per heavy atom. The Labute approximate surface area is 198 Å². The molecule has 0 saturated carbocycles. The van der Waals surface area contributed by atoms with Crippen LogP contribution in [-0.2, 0) is 4.74 Å². The van der Waals surface area contributed by atoms with Crippen molar-refractivity contribution in [1.29, 1.82) is 0 Å². The molecule has 1 aromatic carbocycles. The predicted octanol–water partition coefficient (Wildman–Crippen LogP) is 5.76. The maximum Gasteiger partial charge on any atom is 0.174 e. The number of nitrogens with zero attached hydrogens (tertiary/aromatic N) is 2. The number of rotatable bonds is 7. The van der Waals surface area contributed by atoms with E-state index < -0.39 is 0 Å². The normalized spacial score (nSPS) is 18.5. The Hall–Kier alpha value is -1.71. The zero-order valence-corrected chi connectivity index (χ0v) is 20.0. The molecule has 2 aromatic heterocycles. The number of halogens is 2. The van der Waals surface area contributed by atoms with E-state index in [1.165, 1.54) is 4.88 Å². The minimum absolute atomic E-state index is 0.0555. The Morgan fingerprint density at radius 3 is 2.80 bits per heavy atom. The minimum Gasteiger partial charge on any atom is -0.490 e. The van der Waals surface area contributed by atoms with E-state index >= 15 is 0 Å². The number of nitrogens with one attached hydrogen (secondary N) is 1. The average Bonchev–Trinajstić information content (AvgIpc) is 3.33. The first-order chi connectivity index (χ1) is 14.6. The summed E-state index contributed by atoms with van der Waals surface area (Å²) in [5.74, 6) is 0.618. The average molecular weight is 525 g/mol. The highest BCUT2D eigenvalue weighted by atomic mass is 79.9. The second-order valence-electron chi connectivity index (χ2n) is 6.62. The highest BCUT2D eigenvalue weighted by Gasteiger charge is 2.41. The molecule has 3 aromatic rings. The maximum absolute atomic E-state index is 6.51. The van der Waals surface area contributed by atoms with Crippen LogP contribution in [0.1, 0.15) is 22.7 Å². The van der Waals surface area contributed by atoms with E-state index in [1.54, 1.807) is 24.6 Å². The molecule has 1 aliphatic heterocycles. The van der Waals surface area contributed by atoms with Gasteiger partial charge in [-0.15, -0.1) is 11.3 Å². The molecular weight excluding hydrogens is 506 g/mol. The SMILES string of the molecule is COCCOc1ccc(N2C(=S)NC(c3ccccn3)C2c2cc(Br)cs2)cc1Cl. The molecule has 2 atom stereocenters. The van der Waals surface area contributed by atoms with Gasteiger partial charge in [0, 0.05) is 33.7 Å².